The molecule has 2 aliphatic heterocycles. The van der Waals surface area contributed by atoms with Crippen molar-refractivity contribution < 1.29 is 38.5 Å². The fraction of sp³-hybridized carbons (Fsp3) is 0.833. The molecule has 2 heterocycles. The Morgan fingerprint density at radius 3 is 1.90 bits per heavy atom. The summed E-state index contributed by atoms with van der Waals surface area (Å²) < 4.78 is 19.9. The Hall–Kier alpha value is -1.26. The Morgan fingerprint density at radius 2 is 1.57 bits per heavy atom. The van der Waals surface area contributed by atoms with Crippen molar-refractivity contribution in [2.75, 3.05) is 53.8 Å². The zero-order valence-corrected chi connectivity index (χ0v) is 12.1. The minimum Gasteiger partial charge on any atom is -0.479 e. The van der Waals surface area contributed by atoms with Crippen molar-refractivity contribution in [2.45, 2.75) is 12.2 Å². The molecule has 2 unspecified atom stereocenters. The summed E-state index contributed by atoms with van der Waals surface area (Å²) in [6.45, 7) is 2.40. The number of carboxylic acids is 1. The number of hydrogen-bond acceptors (Lipinski definition) is 7. The molecule has 9 heteroatoms. The van der Waals surface area contributed by atoms with Gasteiger partial charge in [0.25, 0.3) is 5.91 Å². The molecule has 21 heavy (non-hydrogen) atoms. The molecule has 0 aromatic carbocycles. The number of hydroxylamine groups is 2. The van der Waals surface area contributed by atoms with Gasteiger partial charge < -0.3 is 24.1 Å². The van der Waals surface area contributed by atoms with Crippen LogP contribution in [-0.2, 0) is 33.4 Å². The number of rotatable bonds is 3. The second-order valence-corrected chi connectivity index (χ2v) is 4.23. The number of ether oxygens (including phenoxy) is 4. The van der Waals surface area contributed by atoms with Crippen LogP contribution in [0.2, 0.25) is 0 Å². The van der Waals surface area contributed by atoms with E-state index >= 15 is 0 Å². The fourth-order valence-corrected chi connectivity index (χ4v) is 1.55. The van der Waals surface area contributed by atoms with Crippen LogP contribution in [0.25, 0.3) is 0 Å². The highest BCUT2D eigenvalue weighted by molar-refractivity contribution is 5.79. The Labute approximate surface area is 122 Å². The van der Waals surface area contributed by atoms with Crippen molar-refractivity contribution in [1.82, 2.24) is 5.06 Å². The number of amides is 1. The van der Waals surface area contributed by atoms with Crippen LogP contribution in [0.5, 0.6) is 0 Å². The van der Waals surface area contributed by atoms with Gasteiger partial charge in [-0.3, -0.25) is 9.63 Å². The van der Waals surface area contributed by atoms with E-state index in [9.17, 15) is 9.59 Å². The third-order valence-corrected chi connectivity index (χ3v) is 2.77. The molecule has 2 saturated heterocycles. The van der Waals surface area contributed by atoms with Gasteiger partial charge in [-0.25, -0.2) is 9.86 Å². The molecule has 0 bridgehead atoms. The maximum atomic E-state index is 11.3. The standard InChI is InChI=1S/C7H13NO4.C5H8O4/c1-8(10-2)7(9)6-5-11-3-4-12-6;6-5(7)4-3-8-1-2-9-4/h6H,3-5H2,1-2H3;4H,1-3H2,(H,6,7). The van der Waals surface area contributed by atoms with E-state index in [1.54, 1.807) is 7.05 Å². The Balaban J connectivity index is 0.000000219. The van der Waals surface area contributed by atoms with Gasteiger partial charge in [-0.2, -0.15) is 0 Å². The summed E-state index contributed by atoms with van der Waals surface area (Å²) in [5.74, 6) is -1.16. The first-order valence-electron chi connectivity index (χ1n) is 6.49. The third kappa shape index (κ3) is 6.36. The predicted molar refractivity (Wildman–Crippen MR) is 68.5 cm³/mol. The van der Waals surface area contributed by atoms with Crippen molar-refractivity contribution in [1.29, 1.82) is 0 Å². The van der Waals surface area contributed by atoms with Crippen molar-refractivity contribution in [3.8, 4) is 0 Å². The summed E-state index contributed by atoms with van der Waals surface area (Å²) in [6.07, 6.45) is -1.26. The maximum absolute atomic E-state index is 11.3. The van der Waals surface area contributed by atoms with Crippen LogP contribution in [-0.4, -0.2) is 88.1 Å². The molecule has 2 aliphatic rings. The van der Waals surface area contributed by atoms with Crippen LogP contribution in [0.3, 0.4) is 0 Å². The molecule has 2 rings (SSSR count). The van der Waals surface area contributed by atoms with E-state index in [4.69, 9.17) is 28.9 Å². The summed E-state index contributed by atoms with van der Waals surface area (Å²) in [5.41, 5.74) is 0. The average Bonchev–Trinajstić information content (AvgIpc) is 2.55. The zero-order valence-electron chi connectivity index (χ0n) is 12.1. The van der Waals surface area contributed by atoms with Gasteiger partial charge in [0, 0.05) is 7.05 Å². The minimum absolute atomic E-state index is 0.176. The largest absolute Gasteiger partial charge is 0.479 e. The number of carboxylic acid groups (broad SMARTS) is 1. The number of aliphatic carboxylic acids is 1. The van der Waals surface area contributed by atoms with Crippen LogP contribution < -0.4 is 0 Å². The highest BCUT2D eigenvalue weighted by atomic mass is 16.7. The highest BCUT2D eigenvalue weighted by Gasteiger charge is 2.25. The van der Waals surface area contributed by atoms with Crippen LogP contribution in [0.15, 0.2) is 0 Å². The lowest BCUT2D eigenvalue weighted by molar-refractivity contribution is -0.191. The first-order valence-corrected chi connectivity index (χ1v) is 6.49. The lowest BCUT2D eigenvalue weighted by atomic mass is 10.3. The fourth-order valence-electron chi connectivity index (χ4n) is 1.55. The van der Waals surface area contributed by atoms with E-state index in [0.29, 0.717) is 33.0 Å². The molecule has 1 amide bonds. The molecule has 1 N–H and O–H groups in total. The van der Waals surface area contributed by atoms with Crippen LogP contribution in [0, 0.1) is 0 Å². The number of carbonyl (C=O) groups excluding carboxylic acids is 1. The molecule has 2 atom stereocenters. The zero-order chi connectivity index (χ0) is 15.7. The molecule has 0 spiro atoms. The second kappa shape index (κ2) is 9.64. The number of hydrogen-bond donors (Lipinski definition) is 1. The van der Waals surface area contributed by atoms with Crippen LogP contribution in [0.4, 0.5) is 0 Å². The third-order valence-electron chi connectivity index (χ3n) is 2.77. The van der Waals surface area contributed by atoms with E-state index in [1.165, 1.54) is 7.11 Å². The summed E-state index contributed by atoms with van der Waals surface area (Å²) >= 11 is 0. The van der Waals surface area contributed by atoms with Crippen molar-refractivity contribution in [3.63, 3.8) is 0 Å². The summed E-state index contributed by atoms with van der Waals surface area (Å²) in [7, 11) is 2.97. The van der Waals surface area contributed by atoms with E-state index in [1.807, 2.05) is 0 Å². The van der Waals surface area contributed by atoms with E-state index in [2.05, 4.69) is 0 Å². The maximum Gasteiger partial charge on any atom is 0.335 e. The van der Waals surface area contributed by atoms with E-state index in [-0.39, 0.29) is 12.5 Å². The normalized spacial score (nSPS) is 25.4. The van der Waals surface area contributed by atoms with Gasteiger partial charge in [0.05, 0.1) is 46.8 Å². The van der Waals surface area contributed by atoms with Gasteiger partial charge in [-0.1, -0.05) is 0 Å². The molecular formula is C12H21NO8. The number of likely N-dealkylation sites (N-methyl/N-ethyl adjacent to an activating group) is 1. The number of carbonyl (C=O) groups is 2. The minimum atomic E-state index is -0.949. The van der Waals surface area contributed by atoms with E-state index < -0.39 is 18.2 Å². The lowest BCUT2D eigenvalue weighted by Gasteiger charge is -2.25. The molecule has 0 saturated carbocycles. The van der Waals surface area contributed by atoms with Crippen molar-refractivity contribution in [2.24, 2.45) is 0 Å². The van der Waals surface area contributed by atoms with Gasteiger partial charge in [0.2, 0.25) is 0 Å². The smallest absolute Gasteiger partial charge is 0.335 e. The Morgan fingerprint density at radius 1 is 1.05 bits per heavy atom. The van der Waals surface area contributed by atoms with E-state index in [0.717, 1.165) is 5.06 Å². The molecular weight excluding hydrogens is 286 g/mol. The van der Waals surface area contributed by atoms with Crippen molar-refractivity contribution >= 4 is 11.9 Å². The summed E-state index contributed by atoms with van der Waals surface area (Å²) in [6, 6.07) is 0. The van der Waals surface area contributed by atoms with Gasteiger partial charge in [-0.05, 0) is 0 Å². The van der Waals surface area contributed by atoms with Crippen LogP contribution in [0.1, 0.15) is 0 Å². The van der Waals surface area contributed by atoms with Gasteiger partial charge >= 0.3 is 5.97 Å². The second-order valence-electron chi connectivity index (χ2n) is 4.23. The summed E-state index contributed by atoms with van der Waals surface area (Å²) in [4.78, 5) is 26.2. The van der Waals surface area contributed by atoms with Gasteiger partial charge in [-0.15, -0.1) is 0 Å². The van der Waals surface area contributed by atoms with Crippen LogP contribution >= 0.6 is 0 Å². The molecule has 0 aromatic heterocycles. The first kappa shape index (κ1) is 17.8. The SMILES string of the molecule is CON(C)C(=O)C1COCCO1.O=C(O)C1COCCO1. The molecule has 0 aromatic rings. The quantitative estimate of drug-likeness (QED) is 0.656. The first-order chi connectivity index (χ1) is 10.1. The summed E-state index contributed by atoms with van der Waals surface area (Å²) in [5, 5.41) is 9.47. The average molecular weight is 307 g/mol. The lowest BCUT2D eigenvalue weighted by Crippen LogP contribution is -2.43. The molecule has 2 fully saturated rings. The van der Waals surface area contributed by atoms with Crippen molar-refractivity contribution in [3.05, 3.63) is 0 Å². The van der Waals surface area contributed by atoms with Gasteiger partial charge in [0.1, 0.15) is 0 Å². The molecule has 0 aliphatic carbocycles. The highest BCUT2D eigenvalue weighted by Crippen LogP contribution is 2.03. The Kier molecular flexibility index (Phi) is 8.16. The molecule has 0 radical (unpaired) electrons. The Bertz CT molecular complexity index is 325. The number of nitrogens with zero attached hydrogens (tertiary/aromatic N) is 1. The monoisotopic (exact) mass is 307 g/mol. The van der Waals surface area contributed by atoms with Gasteiger partial charge in [0.15, 0.2) is 12.2 Å². The molecule has 122 valence electrons. The molecule has 9 nitrogen and oxygen atoms in total. The topological polar surface area (TPSA) is 104 Å². The predicted octanol–water partition coefficient (Wildman–Crippen LogP) is -1.09.